The molecule has 0 bridgehead atoms. The van der Waals surface area contributed by atoms with Crippen molar-refractivity contribution in [1.29, 1.82) is 0 Å². The zero-order valence-corrected chi connectivity index (χ0v) is 16.7. The van der Waals surface area contributed by atoms with Crippen LogP contribution in [-0.2, 0) is 14.8 Å². The number of benzene rings is 1. The van der Waals surface area contributed by atoms with Crippen molar-refractivity contribution in [3.8, 4) is 0 Å². The molecule has 0 radical (unpaired) electrons. The van der Waals surface area contributed by atoms with Crippen LogP contribution in [0.15, 0.2) is 24.3 Å². The second kappa shape index (κ2) is 8.59. The summed E-state index contributed by atoms with van der Waals surface area (Å²) < 4.78 is 26.2. The minimum Gasteiger partial charge on any atom is -0.326 e. The van der Waals surface area contributed by atoms with Crippen molar-refractivity contribution in [2.45, 2.75) is 39.0 Å². The van der Waals surface area contributed by atoms with Crippen molar-refractivity contribution in [2.75, 3.05) is 28.9 Å². The molecule has 1 aromatic rings. The molecule has 2 aliphatic rings. The first-order valence-electron chi connectivity index (χ1n) is 9.08. The van der Waals surface area contributed by atoms with Gasteiger partial charge in [0.05, 0.1) is 11.2 Å². The summed E-state index contributed by atoms with van der Waals surface area (Å²) in [6.07, 6.45) is 4.92. The minimum absolute atomic E-state index is 0. The fourth-order valence-electron chi connectivity index (χ4n) is 4.07. The molecule has 26 heavy (non-hydrogen) atoms. The average molecular weight is 402 g/mol. The normalized spacial score (nSPS) is 25.0. The third-order valence-electron chi connectivity index (χ3n) is 5.38. The number of carbonyl (C=O) groups is 1. The van der Waals surface area contributed by atoms with E-state index in [9.17, 15) is 13.2 Å². The van der Waals surface area contributed by atoms with E-state index in [2.05, 4.69) is 15.4 Å². The number of rotatable bonds is 6. The smallest absolute Gasteiger partial charge is 0.232 e. The quantitative estimate of drug-likeness (QED) is 0.683. The van der Waals surface area contributed by atoms with Gasteiger partial charge in [0.15, 0.2) is 0 Å². The highest BCUT2D eigenvalue weighted by Gasteiger charge is 2.49. The molecule has 1 amide bonds. The molecular weight excluding hydrogens is 374 g/mol. The molecule has 8 heteroatoms. The Morgan fingerprint density at radius 3 is 2.62 bits per heavy atom. The molecule has 1 saturated heterocycles. The maximum absolute atomic E-state index is 12.9. The molecular formula is C18H28ClN3O3S. The zero-order chi connectivity index (χ0) is 17.9. The monoisotopic (exact) mass is 401 g/mol. The van der Waals surface area contributed by atoms with Crippen LogP contribution in [0.25, 0.3) is 0 Å². The van der Waals surface area contributed by atoms with Crippen LogP contribution in [0.3, 0.4) is 0 Å². The first kappa shape index (κ1) is 21.0. The van der Waals surface area contributed by atoms with E-state index in [0.29, 0.717) is 23.7 Å². The number of anilines is 2. The van der Waals surface area contributed by atoms with Gasteiger partial charge in [-0.25, -0.2) is 8.42 Å². The highest BCUT2D eigenvalue weighted by atomic mass is 35.5. The Hall–Kier alpha value is -1.31. The predicted octanol–water partition coefficient (Wildman–Crippen LogP) is 2.98. The van der Waals surface area contributed by atoms with Crippen LogP contribution >= 0.6 is 12.4 Å². The molecule has 2 atom stereocenters. The van der Waals surface area contributed by atoms with Gasteiger partial charge in [0.25, 0.3) is 0 Å². The number of halogens is 1. The second-order valence-corrected chi connectivity index (χ2v) is 9.02. The van der Waals surface area contributed by atoms with E-state index in [4.69, 9.17) is 0 Å². The molecule has 146 valence electrons. The molecule has 1 aromatic carbocycles. The fourth-order valence-corrected chi connectivity index (χ4v) is 5.20. The van der Waals surface area contributed by atoms with Gasteiger partial charge in [-0.3, -0.25) is 9.52 Å². The number of sulfonamides is 1. The van der Waals surface area contributed by atoms with Gasteiger partial charge in [-0.2, -0.15) is 0 Å². The van der Waals surface area contributed by atoms with Gasteiger partial charge in [-0.05, 0) is 56.0 Å². The molecule has 1 aliphatic heterocycles. The van der Waals surface area contributed by atoms with E-state index >= 15 is 0 Å². The van der Waals surface area contributed by atoms with Crippen LogP contribution < -0.4 is 15.4 Å². The molecule has 1 heterocycles. The number of nitrogens with one attached hydrogen (secondary N) is 3. The van der Waals surface area contributed by atoms with Crippen molar-refractivity contribution in [3.63, 3.8) is 0 Å². The maximum Gasteiger partial charge on any atom is 0.232 e. The number of amides is 1. The van der Waals surface area contributed by atoms with Gasteiger partial charge in [0.2, 0.25) is 15.9 Å². The largest absolute Gasteiger partial charge is 0.326 e. The van der Waals surface area contributed by atoms with Gasteiger partial charge < -0.3 is 10.6 Å². The molecule has 2 fully saturated rings. The summed E-state index contributed by atoms with van der Waals surface area (Å²) in [7, 11) is -3.30. The second-order valence-electron chi connectivity index (χ2n) is 7.18. The maximum atomic E-state index is 12.9. The Kier molecular flexibility index (Phi) is 6.93. The Morgan fingerprint density at radius 2 is 1.92 bits per heavy atom. The van der Waals surface area contributed by atoms with Crippen molar-refractivity contribution in [1.82, 2.24) is 5.32 Å². The van der Waals surface area contributed by atoms with E-state index < -0.39 is 10.0 Å². The van der Waals surface area contributed by atoms with E-state index in [1.165, 1.54) is 6.42 Å². The van der Waals surface area contributed by atoms with Crippen LogP contribution in [0.4, 0.5) is 11.4 Å². The molecule has 6 nitrogen and oxygen atoms in total. The third kappa shape index (κ3) is 4.50. The van der Waals surface area contributed by atoms with Gasteiger partial charge in [0.1, 0.15) is 0 Å². The van der Waals surface area contributed by atoms with Crippen LogP contribution in [0, 0.1) is 11.3 Å². The molecule has 1 aliphatic carbocycles. The van der Waals surface area contributed by atoms with Crippen LogP contribution in [0.5, 0.6) is 0 Å². The van der Waals surface area contributed by atoms with Gasteiger partial charge in [-0.1, -0.05) is 19.8 Å². The summed E-state index contributed by atoms with van der Waals surface area (Å²) in [5.74, 6) is 0.602. The number of carbonyl (C=O) groups excluding carboxylic acids is 1. The summed E-state index contributed by atoms with van der Waals surface area (Å²) in [6.45, 7) is 3.50. The van der Waals surface area contributed by atoms with Gasteiger partial charge >= 0.3 is 0 Å². The molecule has 1 saturated carbocycles. The topological polar surface area (TPSA) is 87.3 Å². The average Bonchev–Trinajstić information content (AvgIpc) is 3.01. The highest BCUT2D eigenvalue weighted by Crippen LogP contribution is 2.44. The number of hydrogen-bond donors (Lipinski definition) is 3. The summed E-state index contributed by atoms with van der Waals surface area (Å²) in [5.41, 5.74) is 0.927. The first-order chi connectivity index (χ1) is 12.0. The molecule has 0 spiro atoms. The Labute approximate surface area is 162 Å². The molecule has 3 N–H and O–H groups in total. The van der Waals surface area contributed by atoms with Crippen LogP contribution in [-0.4, -0.2) is 33.2 Å². The fraction of sp³-hybridized carbons (Fsp3) is 0.611. The zero-order valence-electron chi connectivity index (χ0n) is 15.1. The molecule has 3 rings (SSSR count). The third-order valence-corrected chi connectivity index (χ3v) is 6.87. The highest BCUT2D eigenvalue weighted by molar-refractivity contribution is 7.92. The van der Waals surface area contributed by atoms with E-state index in [1.54, 1.807) is 24.3 Å². The first-order valence-corrected chi connectivity index (χ1v) is 10.7. The predicted molar refractivity (Wildman–Crippen MR) is 107 cm³/mol. The van der Waals surface area contributed by atoms with Gasteiger partial charge in [-0.15, -0.1) is 12.4 Å². The lowest BCUT2D eigenvalue weighted by atomic mass is 9.67. The van der Waals surface area contributed by atoms with E-state index in [0.717, 1.165) is 32.4 Å². The SMILES string of the molecule is CCCS(=O)(=O)Nc1ccc(NC(=O)[C@@]23CCCC[C@H]2CNC3)cc1.Cl. The standard InChI is InChI=1S/C18H27N3O3S.ClH/c1-2-11-25(23,24)21-16-8-6-15(7-9-16)20-17(22)18-10-4-3-5-14(18)12-19-13-18;/h6-9,14,19,21H,2-5,10-13H2,1H3,(H,20,22);1H/t14-,18+;/m0./s1. The summed E-state index contributed by atoms with van der Waals surface area (Å²) in [6, 6.07) is 6.87. The number of fused-ring (bicyclic) bond motifs is 1. The van der Waals surface area contributed by atoms with Crippen LogP contribution in [0.1, 0.15) is 39.0 Å². The lowest BCUT2D eigenvalue weighted by Crippen LogP contribution is -2.44. The summed E-state index contributed by atoms with van der Waals surface area (Å²) in [4.78, 5) is 12.9. The Balaban J connectivity index is 0.00000243. The lowest BCUT2D eigenvalue weighted by Gasteiger charge is -2.37. The summed E-state index contributed by atoms with van der Waals surface area (Å²) >= 11 is 0. The van der Waals surface area contributed by atoms with E-state index in [-0.39, 0.29) is 29.5 Å². The summed E-state index contributed by atoms with van der Waals surface area (Å²) in [5, 5.41) is 6.41. The van der Waals surface area contributed by atoms with Crippen LogP contribution in [0.2, 0.25) is 0 Å². The molecule has 0 aromatic heterocycles. The molecule has 0 unspecified atom stereocenters. The van der Waals surface area contributed by atoms with Crippen molar-refractivity contribution < 1.29 is 13.2 Å². The van der Waals surface area contributed by atoms with Crippen molar-refractivity contribution in [3.05, 3.63) is 24.3 Å². The Morgan fingerprint density at radius 1 is 1.23 bits per heavy atom. The van der Waals surface area contributed by atoms with Crippen molar-refractivity contribution >= 4 is 39.7 Å². The number of hydrogen-bond acceptors (Lipinski definition) is 4. The van der Waals surface area contributed by atoms with Gasteiger partial charge in [0, 0.05) is 17.9 Å². The van der Waals surface area contributed by atoms with Crippen molar-refractivity contribution in [2.24, 2.45) is 11.3 Å². The Bertz CT molecular complexity index is 724. The minimum atomic E-state index is -3.30. The van der Waals surface area contributed by atoms with E-state index in [1.807, 2.05) is 6.92 Å². The lowest BCUT2D eigenvalue weighted by molar-refractivity contribution is -0.128.